The van der Waals surface area contributed by atoms with Crippen molar-refractivity contribution in [2.75, 3.05) is 46.4 Å². The zero-order valence-electron chi connectivity index (χ0n) is 14.0. The first-order valence-corrected chi connectivity index (χ1v) is 8.61. The number of hydrogen-bond donors (Lipinski definition) is 1. The molecule has 1 N–H and O–H groups in total. The van der Waals surface area contributed by atoms with Crippen LogP contribution < -0.4 is 5.32 Å². The molecule has 5 heteroatoms. The second-order valence-electron chi connectivity index (χ2n) is 6.58. The molecule has 0 saturated carbocycles. The van der Waals surface area contributed by atoms with Crippen LogP contribution in [0.1, 0.15) is 28.8 Å². The average molecular weight is 317 g/mol. The number of carbonyl (C=O) groups excluding carboxylic acids is 1. The molecule has 2 fully saturated rings. The number of rotatable bonds is 5. The number of amides is 1. The first kappa shape index (κ1) is 16.4. The van der Waals surface area contributed by atoms with Gasteiger partial charge in [-0.25, -0.2) is 0 Å². The third-order valence-corrected chi connectivity index (χ3v) is 4.64. The number of likely N-dealkylation sites (tertiary alicyclic amines) is 1. The maximum Gasteiger partial charge on any atom is 0.253 e. The number of benzene rings is 1. The van der Waals surface area contributed by atoms with Crippen molar-refractivity contribution in [2.24, 2.45) is 0 Å². The van der Waals surface area contributed by atoms with Gasteiger partial charge in [0.05, 0.1) is 12.7 Å². The summed E-state index contributed by atoms with van der Waals surface area (Å²) in [6, 6.07) is 7.99. The van der Waals surface area contributed by atoms with Crippen LogP contribution in [0.4, 0.5) is 0 Å². The molecule has 1 unspecified atom stereocenters. The highest BCUT2D eigenvalue weighted by Crippen LogP contribution is 2.13. The molecule has 2 aliphatic rings. The Morgan fingerprint density at radius 3 is 2.65 bits per heavy atom. The van der Waals surface area contributed by atoms with Crippen molar-refractivity contribution in [3.05, 3.63) is 35.4 Å². The molecule has 1 atom stereocenters. The molecule has 0 spiro atoms. The molecule has 0 aromatic heterocycles. The third-order valence-electron chi connectivity index (χ3n) is 4.64. The highest BCUT2D eigenvalue weighted by Gasteiger charge is 2.19. The molecule has 1 aromatic rings. The Bertz CT molecular complexity index is 512. The summed E-state index contributed by atoms with van der Waals surface area (Å²) in [5.74, 6) is 0.167. The molecule has 0 bridgehead atoms. The number of hydrogen-bond acceptors (Lipinski definition) is 4. The van der Waals surface area contributed by atoms with Crippen LogP contribution in [0.5, 0.6) is 0 Å². The van der Waals surface area contributed by atoms with Crippen molar-refractivity contribution in [1.82, 2.24) is 15.1 Å². The van der Waals surface area contributed by atoms with E-state index >= 15 is 0 Å². The topological polar surface area (TPSA) is 44.8 Å². The highest BCUT2D eigenvalue weighted by atomic mass is 16.5. The molecule has 126 valence electrons. The Balaban J connectivity index is 1.45. The molecule has 5 nitrogen and oxygen atoms in total. The van der Waals surface area contributed by atoms with Crippen LogP contribution in [0.15, 0.2) is 24.3 Å². The summed E-state index contributed by atoms with van der Waals surface area (Å²) in [5.41, 5.74) is 2.00. The first-order chi connectivity index (χ1) is 11.2. The van der Waals surface area contributed by atoms with E-state index in [4.69, 9.17) is 4.74 Å². The van der Waals surface area contributed by atoms with Crippen LogP contribution >= 0.6 is 0 Å². The predicted octanol–water partition coefficient (Wildman–Crippen LogP) is 1.34. The van der Waals surface area contributed by atoms with Crippen molar-refractivity contribution in [3.63, 3.8) is 0 Å². The van der Waals surface area contributed by atoms with E-state index in [9.17, 15) is 4.79 Å². The number of carbonyl (C=O) groups is 1. The van der Waals surface area contributed by atoms with E-state index in [0.29, 0.717) is 0 Å². The largest absolute Gasteiger partial charge is 0.374 e. The summed E-state index contributed by atoms with van der Waals surface area (Å²) in [5, 5.41) is 3.45. The minimum Gasteiger partial charge on any atom is -0.374 e. The van der Waals surface area contributed by atoms with Gasteiger partial charge in [0.25, 0.3) is 5.91 Å². The zero-order valence-corrected chi connectivity index (χ0v) is 14.0. The van der Waals surface area contributed by atoms with Gasteiger partial charge in [-0.05, 0) is 37.6 Å². The Morgan fingerprint density at radius 1 is 1.22 bits per heavy atom. The summed E-state index contributed by atoms with van der Waals surface area (Å²) in [4.78, 5) is 16.5. The summed E-state index contributed by atoms with van der Waals surface area (Å²) < 4.78 is 5.74. The van der Waals surface area contributed by atoms with Gasteiger partial charge in [-0.15, -0.1) is 0 Å². The van der Waals surface area contributed by atoms with E-state index in [1.165, 1.54) is 5.56 Å². The molecule has 1 amide bonds. The van der Waals surface area contributed by atoms with Crippen LogP contribution in [0, 0.1) is 0 Å². The molecule has 2 saturated heterocycles. The third kappa shape index (κ3) is 4.53. The average Bonchev–Trinajstić information content (AvgIpc) is 3.09. The summed E-state index contributed by atoms with van der Waals surface area (Å²) in [6.45, 7) is 6.28. The van der Waals surface area contributed by atoms with Crippen LogP contribution in [-0.4, -0.2) is 68.2 Å². The fraction of sp³-hybridized carbons (Fsp3) is 0.611. The van der Waals surface area contributed by atoms with Gasteiger partial charge < -0.3 is 19.9 Å². The minimum absolute atomic E-state index is 0.167. The normalized spacial score (nSPS) is 22.5. The quantitative estimate of drug-likeness (QED) is 0.890. The zero-order chi connectivity index (χ0) is 16.1. The smallest absolute Gasteiger partial charge is 0.253 e. The van der Waals surface area contributed by atoms with Crippen molar-refractivity contribution >= 4 is 5.91 Å². The van der Waals surface area contributed by atoms with E-state index in [1.807, 2.05) is 29.2 Å². The van der Waals surface area contributed by atoms with Crippen LogP contribution in [-0.2, 0) is 11.3 Å². The number of ether oxygens (including phenoxy) is 1. The van der Waals surface area contributed by atoms with Crippen LogP contribution in [0.3, 0.4) is 0 Å². The molecule has 0 aliphatic carbocycles. The van der Waals surface area contributed by atoms with Crippen LogP contribution in [0.2, 0.25) is 0 Å². The molecule has 0 radical (unpaired) electrons. The maximum absolute atomic E-state index is 12.3. The van der Waals surface area contributed by atoms with Gasteiger partial charge in [0.2, 0.25) is 0 Å². The number of nitrogens with one attached hydrogen (secondary N) is 1. The van der Waals surface area contributed by atoms with Gasteiger partial charge >= 0.3 is 0 Å². The molecule has 3 rings (SSSR count). The molecule has 2 heterocycles. The highest BCUT2D eigenvalue weighted by molar-refractivity contribution is 5.94. The number of nitrogens with zero attached hydrogens (tertiary/aromatic N) is 2. The standard InChI is InChI=1S/C18H27N3O2/c1-20-10-11-23-17(14-20)13-19-12-15-4-6-16(7-5-15)18(22)21-8-2-3-9-21/h4-7,17,19H,2-3,8-14H2,1H3. The summed E-state index contributed by atoms with van der Waals surface area (Å²) >= 11 is 0. The first-order valence-electron chi connectivity index (χ1n) is 8.61. The van der Waals surface area contributed by atoms with Crippen molar-refractivity contribution in [1.29, 1.82) is 0 Å². The van der Waals surface area contributed by atoms with Gasteiger partial charge in [0, 0.05) is 44.8 Å². The lowest BCUT2D eigenvalue weighted by Gasteiger charge is -2.30. The van der Waals surface area contributed by atoms with Crippen molar-refractivity contribution in [2.45, 2.75) is 25.5 Å². The lowest BCUT2D eigenvalue weighted by atomic mass is 10.1. The van der Waals surface area contributed by atoms with Crippen molar-refractivity contribution < 1.29 is 9.53 Å². The summed E-state index contributed by atoms with van der Waals surface area (Å²) in [7, 11) is 2.13. The summed E-state index contributed by atoms with van der Waals surface area (Å²) in [6.07, 6.45) is 2.53. The number of morpholine rings is 1. The second-order valence-corrected chi connectivity index (χ2v) is 6.58. The second kappa shape index (κ2) is 7.90. The predicted molar refractivity (Wildman–Crippen MR) is 90.5 cm³/mol. The van der Waals surface area contributed by atoms with Gasteiger partial charge in [-0.2, -0.15) is 0 Å². The van der Waals surface area contributed by atoms with E-state index in [-0.39, 0.29) is 12.0 Å². The minimum atomic E-state index is 0.167. The van der Waals surface area contributed by atoms with Gasteiger partial charge in [0.15, 0.2) is 0 Å². The maximum atomic E-state index is 12.3. The molecule has 2 aliphatic heterocycles. The lowest BCUT2D eigenvalue weighted by molar-refractivity contribution is -0.0182. The fourth-order valence-corrected chi connectivity index (χ4v) is 3.24. The molecular formula is C18H27N3O2. The monoisotopic (exact) mass is 317 g/mol. The van der Waals surface area contributed by atoms with Gasteiger partial charge in [-0.3, -0.25) is 4.79 Å². The van der Waals surface area contributed by atoms with E-state index < -0.39 is 0 Å². The Morgan fingerprint density at radius 2 is 1.96 bits per heavy atom. The fourth-order valence-electron chi connectivity index (χ4n) is 3.24. The molecular weight excluding hydrogens is 290 g/mol. The van der Waals surface area contributed by atoms with Crippen LogP contribution in [0.25, 0.3) is 0 Å². The van der Waals surface area contributed by atoms with E-state index in [0.717, 1.165) is 64.3 Å². The van der Waals surface area contributed by atoms with E-state index in [2.05, 4.69) is 17.3 Å². The number of likely N-dealkylation sites (N-methyl/N-ethyl adjacent to an activating group) is 1. The lowest BCUT2D eigenvalue weighted by Crippen LogP contribution is -2.44. The Hall–Kier alpha value is -1.43. The van der Waals surface area contributed by atoms with Gasteiger partial charge in [-0.1, -0.05) is 12.1 Å². The van der Waals surface area contributed by atoms with E-state index in [1.54, 1.807) is 0 Å². The Kier molecular flexibility index (Phi) is 5.65. The molecule has 23 heavy (non-hydrogen) atoms. The van der Waals surface area contributed by atoms with Gasteiger partial charge in [0.1, 0.15) is 0 Å². The van der Waals surface area contributed by atoms with Crippen molar-refractivity contribution in [3.8, 4) is 0 Å². The Labute approximate surface area is 138 Å². The SMILES string of the molecule is CN1CCOC(CNCc2ccc(C(=O)N3CCCC3)cc2)C1. The molecule has 1 aromatic carbocycles.